The molecule has 0 bridgehead atoms. The van der Waals surface area contributed by atoms with E-state index in [1.54, 1.807) is 4.90 Å². The summed E-state index contributed by atoms with van der Waals surface area (Å²) in [5.41, 5.74) is -0.477. The number of carbonyl (C=O) groups is 1. The van der Waals surface area contributed by atoms with Crippen molar-refractivity contribution >= 4 is 14.4 Å². The molecule has 2 heterocycles. The van der Waals surface area contributed by atoms with Crippen LogP contribution in [0, 0.1) is 0 Å². The van der Waals surface area contributed by atoms with E-state index in [2.05, 4.69) is 33.9 Å². The first-order chi connectivity index (χ1) is 9.82. The predicted octanol–water partition coefficient (Wildman–Crippen LogP) is 3.39. The highest BCUT2D eigenvalue weighted by Crippen LogP contribution is 2.40. The molecule has 2 aliphatic heterocycles. The zero-order valence-corrected chi connectivity index (χ0v) is 16.2. The largest absolute Gasteiger partial charge is 0.444 e. The molecule has 5 nitrogen and oxygen atoms in total. The van der Waals surface area contributed by atoms with Gasteiger partial charge in [0, 0.05) is 0 Å². The summed E-state index contributed by atoms with van der Waals surface area (Å²) in [4.78, 5) is 14.2. The van der Waals surface area contributed by atoms with Crippen LogP contribution in [0.15, 0.2) is 0 Å². The fourth-order valence-electron chi connectivity index (χ4n) is 2.37. The quantitative estimate of drug-likeness (QED) is 0.588. The van der Waals surface area contributed by atoms with Gasteiger partial charge < -0.3 is 13.9 Å². The minimum absolute atomic E-state index is 0.0195. The van der Waals surface area contributed by atoms with Crippen LogP contribution in [0.1, 0.15) is 41.5 Å². The van der Waals surface area contributed by atoms with E-state index < -0.39 is 13.9 Å². The van der Waals surface area contributed by atoms with E-state index in [9.17, 15) is 4.79 Å². The Morgan fingerprint density at radius 1 is 1.23 bits per heavy atom. The van der Waals surface area contributed by atoms with Crippen LogP contribution < -0.4 is 0 Å². The number of epoxide rings is 1. The Kier molecular flexibility index (Phi) is 4.43. The predicted molar refractivity (Wildman–Crippen MR) is 88.5 cm³/mol. The van der Waals surface area contributed by atoms with E-state index in [0.29, 0.717) is 13.2 Å². The number of fused-ring (bicyclic) bond motifs is 1. The molecule has 128 valence electrons. The van der Waals surface area contributed by atoms with Crippen molar-refractivity contribution in [3.05, 3.63) is 0 Å². The van der Waals surface area contributed by atoms with Gasteiger partial charge in [-0.05, 0) is 38.9 Å². The molecule has 6 heteroatoms. The highest BCUT2D eigenvalue weighted by Gasteiger charge is 2.57. The fourth-order valence-corrected chi connectivity index (χ4v) is 3.39. The minimum atomic E-state index is -1.83. The van der Waals surface area contributed by atoms with Crippen LogP contribution in [0.2, 0.25) is 18.1 Å². The topological polar surface area (TPSA) is 51.3 Å². The van der Waals surface area contributed by atoms with Crippen molar-refractivity contribution in [2.75, 3.05) is 13.2 Å². The smallest absolute Gasteiger partial charge is 0.410 e. The molecule has 0 N–H and O–H groups in total. The lowest BCUT2D eigenvalue weighted by Crippen LogP contribution is -2.49. The maximum absolute atomic E-state index is 12.4. The number of likely N-dealkylation sites (tertiary alicyclic amines) is 1. The molecule has 0 aromatic carbocycles. The van der Waals surface area contributed by atoms with Gasteiger partial charge in [-0.1, -0.05) is 20.8 Å². The van der Waals surface area contributed by atoms with Crippen molar-refractivity contribution < 1.29 is 18.7 Å². The van der Waals surface area contributed by atoms with E-state index in [0.717, 1.165) is 0 Å². The molecule has 2 rings (SSSR count). The molecule has 22 heavy (non-hydrogen) atoms. The van der Waals surface area contributed by atoms with Crippen molar-refractivity contribution in [1.82, 2.24) is 4.90 Å². The number of hydrogen-bond acceptors (Lipinski definition) is 4. The Labute approximate surface area is 135 Å². The van der Waals surface area contributed by atoms with Crippen LogP contribution in [0.5, 0.6) is 0 Å². The lowest BCUT2D eigenvalue weighted by molar-refractivity contribution is 0.00582. The third-order valence-corrected chi connectivity index (χ3v) is 9.33. The lowest BCUT2D eigenvalue weighted by Gasteiger charge is -2.38. The van der Waals surface area contributed by atoms with Gasteiger partial charge in [0.1, 0.15) is 17.8 Å². The molecule has 0 spiro atoms. The molecule has 0 aromatic heterocycles. The first-order valence-electron chi connectivity index (χ1n) is 8.11. The molecule has 0 aliphatic carbocycles. The van der Waals surface area contributed by atoms with Crippen LogP contribution in [-0.4, -0.2) is 56.3 Å². The first-order valence-corrected chi connectivity index (χ1v) is 11.0. The van der Waals surface area contributed by atoms with Gasteiger partial charge in [0.05, 0.1) is 19.2 Å². The molecule has 0 unspecified atom stereocenters. The number of rotatable bonds is 3. The highest BCUT2D eigenvalue weighted by molar-refractivity contribution is 6.74. The van der Waals surface area contributed by atoms with Gasteiger partial charge in [0.2, 0.25) is 0 Å². The van der Waals surface area contributed by atoms with Crippen LogP contribution in [-0.2, 0) is 13.9 Å². The number of hydrogen-bond donors (Lipinski definition) is 0. The van der Waals surface area contributed by atoms with Gasteiger partial charge in [0.15, 0.2) is 8.32 Å². The summed E-state index contributed by atoms with van der Waals surface area (Å²) in [6, 6.07) is -0.0195. The maximum Gasteiger partial charge on any atom is 0.410 e. The summed E-state index contributed by atoms with van der Waals surface area (Å²) in [5.74, 6) is 0. The number of carbonyl (C=O) groups excluding carboxylic acids is 1. The number of amides is 1. The Bertz CT molecular complexity index is 438. The number of morpholine rings is 1. The summed E-state index contributed by atoms with van der Waals surface area (Å²) in [5, 5.41) is 0.159. The molecule has 0 radical (unpaired) electrons. The second-order valence-corrected chi connectivity index (χ2v) is 13.7. The molecule has 1 amide bonds. The molecule has 2 aliphatic rings. The normalized spacial score (nSPS) is 28.5. The van der Waals surface area contributed by atoms with E-state index in [1.807, 2.05) is 20.8 Å². The number of nitrogens with zero attached hydrogens (tertiary/aromatic N) is 1. The average Bonchev–Trinajstić information content (AvgIpc) is 2.96. The molecule has 0 aromatic rings. The summed E-state index contributed by atoms with van der Waals surface area (Å²) in [6.45, 7) is 17.9. The summed E-state index contributed by atoms with van der Waals surface area (Å²) in [7, 11) is -1.83. The minimum Gasteiger partial charge on any atom is -0.444 e. The van der Waals surface area contributed by atoms with Gasteiger partial charge in [-0.2, -0.15) is 0 Å². The van der Waals surface area contributed by atoms with E-state index in [1.165, 1.54) is 0 Å². The second kappa shape index (κ2) is 5.49. The van der Waals surface area contributed by atoms with Crippen molar-refractivity contribution in [2.45, 2.75) is 83.5 Å². The maximum atomic E-state index is 12.4. The molecule has 2 fully saturated rings. The average molecular weight is 330 g/mol. The van der Waals surface area contributed by atoms with Crippen LogP contribution >= 0.6 is 0 Å². The summed E-state index contributed by atoms with van der Waals surface area (Å²) < 4.78 is 17.4. The van der Waals surface area contributed by atoms with Gasteiger partial charge in [-0.25, -0.2) is 4.79 Å². The Morgan fingerprint density at radius 2 is 1.82 bits per heavy atom. The Balaban J connectivity index is 1.98. The van der Waals surface area contributed by atoms with Gasteiger partial charge in [-0.15, -0.1) is 0 Å². The second-order valence-electron chi connectivity index (χ2n) is 8.91. The van der Waals surface area contributed by atoms with Gasteiger partial charge in [0.25, 0.3) is 0 Å². The SMILES string of the molecule is CC(C)(C)OC(=O)N1C[C@@H]2O[C@@H]2[C@@H]1CO[Si](C)(C)C(C)(C)C. The monoisotopic (exact) mass is 329 g/mol. The fraction of sp³-hybridized carbons (Fsp3) is 0.938. The van der Waals surface area contributed by atoms with Crippen LogP contribution in [0.25, 0.3) is 0 Å². The van der Waals surface area contributed by atoms with E-state index in [-0.39, 0.29) is 29.4 Å². The van der Waals surface area contributed by atoms with E-state index >= 15 is 0 Å². The number of ether oxygens (including phenoxy) is 2. The Morgan fingerprint density at radius 3 is 2.32 bits per heavy atom. The standard InChI is InChI=1S/C16H31NO4Si/c1-15(2,3)21-14(18)17-9-12-13(20-12)11(17)10-19-22(7,8)16(4,5)6/h11-13H,9-10H2,1-8H3/t11-,12-,13+/m0/s1. The third-order valence-electron chi connectivity index (χ3n) is 4.83. The zero-order chi connectivity index (χ0) is 16.9. The summed E-state index contributed by atoms with van der Waals surface area (Å²) in [6.07, 6.45) is 0.0324. The van der Waals surface area contributed by atoms with Crippen LogP contribution in [0.3, 0.4) is 0 Å². The molecule has 2 saturated heterocycles. The molecular weight excluding hydrogens is 298 g/mol. The van der Waals surface area contributed by atoms with Crippen molar-refractivity contribution in [3.8, 4) is 0 Å². The van der Waals surface area contributed by atoms with Gasteiger partial charge >= 0.3 is 6.09 Å². The van der Waals surface area contributed by atoms with E-state index in [4.69, 9.17) is 13.9 Å². The molecule has 3 atom stereocenters. The molecular formula is C16H31NO4Si. The first kappa shape index (κ1) is 17.8. The third kappa shape index (κ3) is 3.84. The highest BCUT2D eigenvalue weighted by atomic mass is 28.4. The summed E-state index contributed by atoms with van der Waals surface area (Å²) >= 11 is 0. The van der Waals surface area contributed by atoms with Crippen molar-refractivity contribution in [3.63, 3.8) is 0 Å². The zero-order valence-electron chi connectivity index (χ0n) is 15.2. The lowest BCUT2D eigenvalue weighted by atomic mass is 10.2. The van der Waals surface area contributed by atoms with Gasteiger partial charge in [-0.3, -0.25) is 4.90 Å². The molecule has 0 saturated carbocycles. The van der Waals surface area contributed by atoms with Crippen LogP contribution in [0.4, 0.5) is 4.79 Å². The Hall–Kier alpha value is -0.593. The van der Waals surface area contributed by atoms with Crippen molar-refractivity contribution in [2.24, 2.45) is 0 Å². The van der Waals surface area contributed by atoms with Crippen molar-refractivity contribution in [1.29, 1.82) is 0 Å².